The fourth-order valence-corrected chi connectivity index (χ4v) is 3.97. The molecular formula is C20H19INO3P. The van der Waals surface area contributed by atoms with Crippen molar-refractivity contribution in [3.05, 3.63) is 87.5 Å². The Kier molecular flexibility index (Phi) is 5.89. The van der Waals surface area contributed by atoms with Crippen LogP contribution in [0.2, 0.25) is 0 Å². The molecule has 0 aliphatic carbocycles. The maximum atomic E-state index is 13.4. The molecule has 0 aliphatic rings. The van der Waals surface area contributed by atoms with Crippen LogP contribution in [0.25, 0.3) is 0 Å². The summed E-state index contributed by atoms with van der Waals surface area (Å²) in [7, 11) is -3.68. The molecule has 0 aromatic heterocycles. The molecule has 26 heavy (non-hydrogen) atoms. The fraction of sp³-hybridized carbons (Fsp3) is 0.100. The Morgan fingerprint density at radius 3 is 1.58 bits per heavy atom. The Morgan fingerprint density at radius 2 is 1.15 bits per heavy atom. The van der Waals surface area contributed by atoms with Crippen LogP contribution >= 0.6 is 30.3 Å². The van der Waals surface area contributed by atoms with Crippen LogP contribution in [0.1, 0.15) is 11.1 Å². The van der Waals surface area contributed by atoms with Crippen LogP contribution in [-0.2, 0) is 4.57 Å². The van der Waals surface area contributed by atoms with Gasteiger partial charge in [-0.25, -0.2) is 4.57 Å². The van der Waals surface area contributed by atoms with E-state index in [-0.39, 0.29) is 0 Å². The lowest BCUT2D eigenvalue weighted by Crippen LogP contribution is -2.10. The zero-order valence-electron chi connectivity index (χ0n) is 14.5. The first-order valence-electron chi connectivity index (χ1n) is 8.08. The SMILES string of the molecule is Cc1ccc(OP(=O)(Nc2ccc(I)cc2)Oc2ccc(C)cc2)cc1. The van der Waals surface area contributed by atoms with Gasteiger partial charge in [-0.2, -0.15) is 0 Å². The van der Waals surface area contributed by atoms with Gasteiger partial charge in [0.1, 0.15) is 11.5 Å². The van der Waals surface area contributed by atoms with Crippen molar-refractivity contribution >= 4 is 36.0 Å². The Bertz CT molecular complexity index is 787. The summed E-state index contributed by atoms with van der Waals surface area (Å²) in [6, 6.07) is 22.2. The molecule has 0 unspecified atom stereocenters. The van der Waals surface area contributed by atoms with Crippen LogP contribution < -0.4 is 14.1 Å². The van der Waals surface area contributed by atoms with Crippen LogP contribution in [0.15, 0.2) is 72.8 Å². The molecule has 1 N–H and O–H groups in total. The zero-order chi connectivity index (χ0) is 18.6. The number of benzene rings is 3. The van der Waals surface area contributed by atoms with Crippen molar-refractivity contribution in [3.63, 3.8) is 0 Å². The number of nitrogens with one attached hydrogen (secondary N) is 1. The lowest BCUT2D eigenvalue weighted by Gasteiger charge is -2.21. The van der Waals surface area contributed by atoms with E-state index in [1.807, 2.05) is 62.4 Å². The van der Waals surface area contributed by atoms with Crippen LogP contribution in [0.3, 0.4) is 0 Å². The van der Waals surface area contributed by atoms with E-state index < -0.39 is 7.75 Å². The summed E-state index contributed by atoms with van der Waals surface area (Å²) in [5.41, 5.74) is 2.85. The minimum absolute atomic E-state index is 0.476. The Balaban J connectivity index is 1.88. The molecule has 0 heterocycles. The largest absolute Gasteiger partial charge is 0.541 e. The van der Waals surface area contributed by atoms with E-state index in [4.69, 9.17) is 9.05 Å². The second kappa shape index (κ2) is 8.14. The van der Waals surface area contributed by atoms with Crippen LogP contribution in [-0.4, -0.2) is 0 Å². The maximum Gasteiger partial charge on any atom is 0.541 e. The molecule has 0 spiro atoms. The van der Waals surface area contributed by atoms with Crippen molar-refractivity contribution in [1.82, 2.24) is 0 Å². The molecule has 0 saturated carbocycles. The van der Waals surface area contributed by atoms with Gasteiger partial charge in [0.2, 0.25) is 0 Å². The van der Waals surface area contributed by atoms with Crippen molar-refractivity contribution in [2.24, 2.45) is 0 Å². The molecule has 0 saturated heterocycles. The van der Waals surface area contributed by atoms with E-state index in [0.717, 1.165) is 14.7 Å². The Labute approximate surface area is 167 Å². The summed E-state index contributed by atoms with van der Waals surface area (Å²) in [4.78, 5) is 0. The predicted octanol–water partition coefficient (Wildman–Crippen LogP) is 6.59. The summed E-state index contributed by atoms with van der Waals surface area (Å²) in [5, 5.41) is 2.92. The summed E-state index contributed by atoms with van der Waals surface area (Å²) in [5.74, 6) is 0.952. The van der Waals surface area contributed by atoms with Gasteiger partial charge in [0.15, 0.2) is 0 Å². The van der Waals surface area contributed by atoms with Crippen molar-refractivity contribution in [2.45, 2.75) is 13.8 Å². The number of aryl methyl sites for hydroxylation is 2. The average molecular weight is 479 g/mol. The van der Waals surface area contributed by atoms with Gasteiger partial charge in [-0.1, -0.05) is 35.4 Å². The van der Waals surface area contributed by atoms with Gasteiger partial charge in [0, 0.05) is 9.26 Å². The number of hydrogen-bond donors (Lipinski definition) is 1. The van der Waals surface area contributed by atoms with Crippen molar-refractivity contribution < 1.29 is 13.6 Å². The smallest absolute Gasteiger partial charge is 0.400 e. The molecule has 0 amide bonds. The first-order valence-corrected chi connectivity index (χ1v) is 10.7. The second-order valence-corrected chi connectivity index (χ2v) is 8.75. The third-order valence-corrected chi connectivity index (χ3v) is 5.76. The molecule has 3 rings (SSSR count). The third-order valence-electron chi connectivity index (χ3n) is 3.60. The molecule has 0 atom stereocenters. The maximum absolute atomic E-state index is 13.4. The number of anilines is 1. The molecule has 0 fully saturated rings. The van der Waals surface area contributed by atoms with Crippen molar-refractivity contribution in [1.29, 1.82) is 0 Å². The molecule has 0 radical (unpaired) electrons. The zero-order valence-corrected chi connectivity index (χ0v) is 17.5. The summed E-state index contributed by atoms with van der Waals surface area (Å²) >= 11 is 2.22. The van der Waals surface area contributed by atoms with E-state index in [1.165, 1.54) is 0 Å². The first-order chi connectivity index (χ1) is 12.4. The highest BCUT2D eigenvalue weighted by Gasteiger charge is 2.29. The molecule has 3 aromatic carbocycles. The monoisotopic (exact) mass is 479 g/mol. The van der Waals surface area contributed by atoms with Crippen LogP contribution in [0.5, 0.6) is 11.5 Å². The molecule has 0 bridgehead atoms. The van der Waals surface area contributed by atoms with E-state index in [0.29, 0.717) is 17.2 Å². The van der Waals surface area contributed by atoms with Gasteiger partial charge in [-0.05, 0) is 85.0 Å². The van der Waals surface area contributed by atoms with Crippen LogP contribution in [0, 0.1) is 17.4 Å². The minimum atomic E-state index is -3.68. The Morgan fingerprint density at radius 1 is 0.731 bits per heavy atom. The highest BCUT2D eigenvalue weighted by Crippen LogP contribution is 2.48. The van der Waals surface area contributed by atoms with Crippen molar-refractivity contribution in [2.75, 3.05) is 5.09 Å². The molecule has 134 valence electrons. The van der Waals surface area contributed by atoms with E-state index in [2.05, 4.69) is 27.7 Å². The first kappa shape index (κ1) is 18.8. The van der Waals surface area contributed by atoms with Gasteiger partial charge < -0.3 is 9.05 Å². The fourth-order valence-electron chi connectivity index (χ4n) is 2.22. The van der Waals surface area contributed by atoms with Crippen LogP contribution in [0.4, 0.5) is 5.69 Å². The lowest BCUT2D eigenvalue weighted by atomic mass is 10.2. The average Bonchev–Trinajstić information content (AvgIpc) is 2.61. The standard InChI is InChI=1S/C20H19INO3P/c1-15-3-11-19(12-4-15)24-26(23,22-18-9-7-17(21)8-10-18)25-20-13-5-16(2)6-14-20/h3-14H,1-2H3,(H,22,23). The summed E-state index contributed by atoms with van der Waals surface area (Å²) in [6.07, 6.45) is 0. The third kappa shape index (κ3) is 5.26. The molecule has 3 aromatic rings. The molecule has 6 heteroatoms. The van der Waals surface area contributed by atoms with Gasteiger partial charge in [-0.3, -0.25) is 5.09 Å². The normalized spacial score (nSPS) is 11.0. The number of rotatable bonds is 6. The predicted molar refractivity (Wildman–Crippen MR) is 114 cm³/mol. The summed E-state index contributed by atoms with van der Waals surface area (Å²) < 4.78 is 26.0. The second-order valence-electron chi connectivity index (χ2n) is 5.92. The topological polar surface area (TPSA) is 47.6 Å². The van der Waals surface area contributed by atoms with E-state index >= 15 is 0 Å². The summed E-state index contributed by atoms with van der Waals surface area (Å²) in [6.45, 7) is 3.96. The van der Waals surface area contributed by atoms with Gasteiger partial charge in [0.25, 0.3) is 0 Å². The lowest BCUT2D eigenvalue weighted by molar-refractivity contribution is 0.393. The van der Waals surface area contributed by atoms with E-state index in [1.54, 1.807) is 24.3 Å². The highest BCUT2D eigenvalue weighted by molar-refractivity contribution is 14.1. The quantitative estimate of drug-likeness (QED) is 0.320. The molecule has 4 nitrogen and oxygen atoms in total. The van der Waals surface area contributed by atoms with Gasteiger partial charge >= 0.3 is 7.75 Å². The Hall–Kier alpha value is -1.98. The minimum Gasteiger partial charge on any atom is -0.400 e. The van der Waals surface area contributed by atoms with Gasteiger partial charge in [-0.15, -0.1) is 0 Å². The molecule has 0 aliphatic heterocycles. The molecular weight excluding hydrogens is 460 g/mol. The van der Waals surface area contributed by atoms with Crippen molar-refractivity contribution in [3.8, 4) is 11.5 Å². The highest BCUT2D eigenvalue weighted by atomic mass is 127. The number of hydrogen-bond acceptors (Lipinski definition) is 3. The van der Waals surface area contributed by atoms with E-state index in [9.17, 15) is 4.57 Å². The number of halogens is 1. The van der Waals surface area contributed by atoms with Gasteiger partial charge in [0.05, 0.1) is 0 Å².